The van der Waals surface area contributed by atoms with E-state index in [-0.39, 0.29) is 0 Å². The molecule has 0 spiro atoms. The number of nitrogens with zero attached hydrogens (tertiary/aromatic N) is 3. The number of hydrogen-bond donors (Lipinski definition) is 0. The first-order valence-corrected chi connectivity index (χ1v) is 20.1. The summed E-state index contributed by atoms with van der Waals surface area (Å²) < 4.78 is 0. The van der Waals surface area contributed by atoms with Crippen LogP contribution in [0.2, 0.25) is 0 Å². The third-order valence-corrected chi connectivity index (χ3v) is 11.9. The molecule has 0 saturated carbocycles. The third-order valence-electron chi connectivity index (χ3n) is 11.9. The molecule has 10 aromatic rings. The van der Waals surface area contributed by atoms with Crippen LogP contribution in [0.5, 0.6) is 0 Å². The molecule has 0 N–H and O–H groups in total. The van der Waals surface area contributed by atoms with Crippen molar-refractivity contribution in [3.05, 3.63) is 247 Å². The van der Waals surface area contributed by atoms with E-state index in [1.807, 2.05) is 30.5 Å². The molecule has 276 valence electrons. The van der Waals surface area contributed by atoms with Gasteiger partial charge in [0.05, 0.1) is 16.8 Å². The summed E-state index contributed by atoms with van der Waals surface area (Å²) in [4.78, 5) is 14.9. The van der Waals surface area contributed by atoms with E-state index in [0.717, 1.165) is 44.6 Å². The molecule has 3 nitrogen and oxygen atoms in total. The number of benzene rings is 8. The Labute approximate surface area is 344 Å². The maximum Gasteiger partial charge on any atom is 0.160 e. The Kier molecular flexibility index (Phi) is 8.37. The fraction of sp³-hybridized carbons (Fsp3) is 0.0179. The van der Waals surface area contributed by atoms with Crippen LogP contribution >= 0.6 is 0 Å². The molecule has 1 aliphatic carbocycles. The van der Waals surface area contributed by atoms with E-state index in [4.69, 9.17) is 9.97 Å². The second kappa shape index (κ2) is 14.3. The summed E-state index contributed by atoms with van der Waals surface area (Å²) in [7, 11) is 0. The van der Waals surface area contributed by atoms with Crippen LogP contribution in [-0.4, -0.2) is 15.0 Å². The second-order valence-corrected chi connectivity index (χ2v) is 15.1. The third kappa shape index (κ3) is 5.70. The molecule has 1 aliphatic rings. The van der Waals surface area contributed by atoms with Crippen molar-refractivity contribution in [3.8, 4) is 67.3 Å². The van der Waals surface area contributed by atoms with Gasteiger partial charge in [0.25, 0.3) is 0 Å². The van der Waals surface area contributed by atoms with Gasteiger partial charge in [-0.05, 0) is 79.0 Å². The van der Waals surface area contributed by atoms with Crippen LogP contribution in [0, 0.1) is 0 Å². The topological polar surface area (TPSA) is 38.7 Å². The van der Waals surface area contributed by atoms with Gasteiger partial charge in [0.1, 0.15) is 0 Å². The van der Waals surface area contributed by atoms with Gasteiger partial charge in [-0.3, -0.25) is 4.98 Å². The molecule has 8 aromatic carbocycles. The number of rotatable bonds is 7. The molecular formula is C56H37N3. The van der Waals surface area contributed by atoms with Crippen molar-refractivity contribution in [1.82, 2.24) is 15.0 Å². The fourth-order valence-electron chi connectivity index (χ4n) is 9.33. The number of fused-ring (bicyclic) bond motifs is 4. The highest BCUT2D eigenvalue weighted by molar-refractivity contribution is 6.07. The average Bonchev–Trinajstić information content (AvgIpc) is 3.64. The van der Waals surface area contributed by atoms with E-state index in [1.54, 1.807) is 6.20 Å². The van der Waals surface area contributed by atoms with Crippen LogP contribution in [0.3, 0.4) is 0 Å². The number of aromatic nitrogens is 3. The summed E-state index contributed by atoms with van der Waals surface area (Å²) in [5, 5.41) is 2.31. The average molecular weight is 752 g/mol. The molecule has 2 aromatic heterocycles. The molecule has 2 heterocycles. The lowest BCUT2D eigenvalue weighted by Gasteiger charge is -2.35. The summed E-state index contributed by atoms with van der Waals surface area (Å²) in [5.74, 6) is 0.687. The molecule has 0 fully saturated rings. The van der Waals surface area contributed by atoms with Gasteiger partial charge >= 0.3 is 0 Å². The van der Waals surface area contributed by atoms with Gasteiger partial charge in [0, 0.05) is 34.6 Å². The van der Waals surface area contributed by atoms with E-state index in [9.17, 15) is 0 Å². The highest BCUT2D eigenvalue weighted by Gasteiger charge is 2.47. The number of hydrogen-bond acceptors (Lipinski definition) is 3. The van der Waals surface area contributed by atoms with Crippen molar-refractivity contribution >= 4 is 10.8 Å². The Hall–Kier alpha value is -7.75. The van der Waals surface area contributed by atoms with Crippen molar-refractivity contribution in [2.75, 3.05) is 0 Å². The van der Waals surface area contributed by atoms with Crippen molar-refractivity contribution < 1.29 is 0 Å². The minimum Gasteiger partial charge on any atom is -0.264 e. The standard InChI is InChI=1S/C56H37N3/c1-4-17-38(18-5-1)55-58-52(40-20-14-19-39(35-40)41-21-16-34-57-37-41)36-53(59-55)48-33-32-46(44-26-10-11-27-45(44)48)49-29-15-30-50-47-28-12-13-31-51(47)56(54(49)50,42-22-6-2-7-23-42)43-24-8-3-9-25-43/h1-37H. The van der Waals surface area contributed by atoms with Gasteiger partial charge in [-0.1, -0.05) is 194 Å². The first-order valence-electron chi connectivity index (χ1n) is 20.1. The smallest absolute Gasteiger partial charge is 0.160 e. The lowest BCUT2D eigenvalue weighted by atomic mass is 9.66. The zero-order chi connectivity index (χ0) is 39.2. The minimum atomic E-state index is -0.526. The maximum absolute atomic E-state index is 5.30. The summed E-state index contributed by atoms with van der Waals surface area (Å²) in [6, 6.07) is 76.2. The fourth-order valence-corrected chi connectivity index (χ4v) is 9.33. The van der Waals surface area contributed by atoms with Gasteiger partial charge in [-0.15, -0.1) is 0 Å². The zero-order valence-electron chi connectivity index (χ0n) is 32.2. The molecular weight excluding hydrogens is 715 g/mol. The Morgan fingerprint density at radius 3 is 1.61 bits per heavy atom. The van der Waals surface area contributed by atoms with Crippen LogP contribution in [0.1, 0.15) is 22.3 Å². The number of pyridine rings is 1. The summed E-state index contributed by atoms with van der Waals surface area (Å²) in [6.45, 7) is 0. The lowest BCUT2D eigenvalue weighted by Crippen LogP contribution is -2.29. The molecule has 0 saturated heterocycles. The van der Waals surface area contributed by atoms with Crippen LogP contribution < -0.4 is 0 Å². The van der Waals surface area contributed by atoms with E-state index in [0.29, 0.717) is 5.82 Å². The first kappa shape index (κ1) is 34.5. The highest BCUT2D eigenvalue weighted by atomic mass is 14.9. The molecule has 0 atom stereocenters. The lowest BCUT2D eigenvalue weighted by molar-refractivity contribution is 0.770. The monoisotopic (exact) mass is 751 g/mol. The Morgan fingerprint density at radius 2 is 0.881 bits per heavy atom. The van der Waals surface area contributed by atoms with Gasteiger partial charge in [-0.2, -0.15) is 0 Å². The summed E-state index contributed by atoms with van der Waals surface area (Å²) >= 11 is 0. The van der Waals surface area contributed by atoms with E-state index >= 15 is 0 Å². The zero-order valence-corrected chi connectivity index (χ0v) is 32.2. The second-order valence-electron chi connectivity index (χ2n) is 15.1. The Bertz CT molecular complexity index is 3100. The van der Waals surface area contributed by atoms with Crippen LogP contribution in [-0.2, 0) is 5.41 Å². The van der Waals surface area contributed by atoms with Gasteiger partial charge in [0.2, 0.25) is 0 Å². The molecule has 0 bridgehead atoms. The SMILES string of the molecule is c1ccc(-c2nc(-c3cccc(-c4cccnc4)c3)cc(-c3ccc(-c4cccc5c4C(c4ccccc4)(c4ccccc4)c4ccccc4-5)c4ccccc34)n2)cc1. The predicted octanol–water partition coefficient (Wildman–Crippen LogP) is 13.7. The summed E-state index contributed by atoms with van der Waals surface area (Å²) in [6.07, 6.45) is 3.71. The van der Waals surface area contributed by atoms with Gasteiger partial charge in [-0.25, -0.2) is 9.97 Å². The van der Waals surface area contributed by atoms with Crippen LogP contribution in [0.25, 0.3) is 78.1 Å². The normalized spacial score (nSPS) is 12.5. The van der Waals surface area contributed by atoms with Crippen LogP contribution in [0.15, 0.2) is 225 Å². The van der Waals surface area contributed by atoms with Crippen molar-refractivity contribution in [3.63, 3.8) is 0 Å². The molecule has 59 heavy (non-hydrogen) atoms. The molecule has 3 heteroatoms. The van der Waals surface area contributed by atoms with Gasteiger partial charge < -0.3 is 0 Å². The van der Waals surface area contributed by atoms with Crippen molar-refractivity contribution in [2.45, 2.75) is 5.41 Å². The summed E-state index contributed by atoms with van der Waals surface area (Å²) in [5.41, 5.74) is 16.5. The van der Waals surface area contributed by atoms with E-state index in [2.05, 4.69) is 193 Å². The van der Waals surface area contributed by atoms with Crippen molar-refractivity contribution in [2.24, 2.45) is 0 Å². The first-order chi connectivity index (χ1) is 29.3. The molecule has 11 rings (SSSR count). The minimum absolute atomic E-state index is 0.526. The quantitative estimate of drug-likeness (QED) is 0.163. The molecule has 0 unspecified atom stereocenters. The molecule has 0 radical (unpaired) electrons. The van der Waals surface area contributed by atoms with E-state index in [1.165, 1.54) is 49.9 Å². The maximum atomic E-state index is 5.30. The van der Waals surface area contributed by atoms with Crippen LogP contribution in [0.4, 0.5) is 0 Å². The Balaban J connectivity index is 1.14. The predicted molar refractivity (Wildman–Crippen MR) is 242 cm³/mol. The largest absolute Gasteiger partial charge is 0.264 e. The van der Waals surface area contributed by atoms with E-state index < -0.39 is 5.41 Å². The molecule has 0 amide bonds. The molecule has 0 aliphatic heterocycles. The van der Waals surface area contributed by atoms with Crippen molar-refractivity contribution in [1.29, 1.82) is 0 Å². The van der Waals surface area contributed by atoms with Gasteiger partial charge in [0.15, 0.2) is 5.82 Å². The Morgan fingerprint density at radius 1 is 0.339 bits per heavy atom. The highest BCUT2D eigenvalue weighted by Crippen LogP contribution is 2.59.